The normalized spacial score (nSPS) is 10.0. The van der Waals surface area contributed by atoms with Gasteiger partial charge in [-0.05, 0) is 30.3 Å². The number of carbonyl (C=O) groups excluding carboxylic acids is 1. The van der Waals surface area contributed by atoms with Crippen LogP contribution in [0.4, 0.5) is 20.6 Å². The fourth-order valence-corrected chi connectivity index (χ4v) is 1.64. The zero-order valence-electron chi connectivity index (χ0n) is 10.4. The summed E-state index contributed by atoms with van der Waals surface area (Å²) < 4.78 is 17.9. The highest BCUT2D eigenvalue weighted by molar-refractivity contribution is 6.31. The quantitative estimate of drug-likeness (QED) is 0.686. The molecule has 0 radical (unpaired) electrons. The molecule has 21 heavy (non-hydrogen) atoms. The Morgan fingerprint density at radius 3 is 2.48 bits per heavy atom. The molecule has 2 aromatic carbocycles. The first kappa shape index (κ1) is 14.7. The molecule has 1 N–H and O–H groups in total. The van der Waals surface area contributed by atoms with Gasteiger partial charge in [0.25, 0.3) is 5.69 Å². The zero-order valence-corrected chi connectivity index (χ0v) is 11.1. The standard InChI is InChI=1S/C13H8ClFN2O4/c14-11-7-8(1-6-12(11)15)16-13(18)21-10-4-2-9(3-5-10)17(19)20/h1-7H,(H,16,18). The number of anilines is 1. The highest BCUT2D eigenvalue weighted by atomic mass is 35.5. The summed E-state index contributed by atoms with van der Waals surface area (Å²) in [6.45, 7) is 0. The third-order valence-electron chi connectivity index (χ3n) is 2.42. The lowest BCUT2D eigenvalue weighted by molar-refractivity contribution is -0.384. The van der Waals surface area contributed by atoms with E-state index in [2.05, 4.69) is 5.32 Å². The molecule has 8 heteroatoms. The third-order valence-corrected chi connectivity index (χ3v) is 2.71. The van der Waals surface area contributed by atoms with Crippen molar-refractivity contribution < 1.29 is 18.8 Å². The number of amides is 1. The van der Waals surface area contributed by atoms with E-state index in [-0.39, 0.29) is 22.1 Å². The highest BCUT2D eigenvalue weighted by Gasteiger charge is 2.09. The lowest BCUT2D eigenvalue weighted by Crippen LogP contribution is -2.16. The Balaban J connectivity index is 2.01. The maximum Gasteiger partial charge on any atom is 0.417 e. The minimum atomic E-state index is -0.827. The van der Waals surface area contributed by atoms with Gasteiger partial charge in [-0.1, -0.05) is 11.6 Å². The number of halogens is 2. The van der Waals surface area contributed by atoms with Crippen LogP contribution < -0.4 is 10.1 Å². The van der Waals surface area contributed by atoms with Gasteiger partial charge in [-0.15, -0.1) is 0 Å². The second-order valence-electron chi connectivity index (χ2n) is 3.89. The molecule has 1 amide bonds. The van der Waals surface area contributed by atoms with Gasteiger partial charge in [-0.2, -0.15) is 0 Å². The molecule has 0 aliphatic heterocycles. The van der Waals surface area contributed by atoms with Crippen molar-refractivity contribution in [3.05, 3.63) is 63.4 Å². The van der Waals surface area contributed by atoms with Gasteiger partial charge in [-0.3, -0.25) is 15.4 Å². The summed E-state index contributed by atoms with van der Waals surface area (Å²) in [7, 11) is 0. The molecule has 2 aromatic rings. The van der Waals surface area contributed by atoms with Crippen molar-refractivity contribution in [3.63, 3.8) is 0 Å². The van der Waals surface area contributed by atoms with E-state index in [1.54, 1.807) is 0 Å². The van der Waals surface area contributed by atoms with E-state index in [0.29, 0.717) is 0 Å². The Kier molecular flexibility index (Phi) is 4.34. The predicted molar refractivity (Wildman–Crippen MR) is 74.2 cm³/mol. The predicted octanol–water partition coefficient (Wildman–Crippen LogP) is 4.00. The maximum absolute atomic E-state index is 13.0. The van der Waals surface area contributed by atoms with E-state index in [4.69, 9.17) is 16.3 Å². The highest BCUT2D eigenvalue weighted by Crippen LogP contribution is 2.21. The molecule has 108 valence electrons. The van der Waals surface area contributed by atoms with Crippen LogP contribution in [0.25, 0.3) is 0 Å². The van der Waals surface area contributed by atoms with E-state index in [1.807, 2.05) is 0 Å². The maximum atomic E-state index is 13.0. The minimum absolute atomic E-state index is 0.118. The SMILES string of the molecule is O=C(Nc1ccc(F)c(Cl)c1)Oc1ccc([N+](=O)[O-])cc1. The van der Waals surface area contributed by atoms with Crippen molar-refractivity contribution in [2.45, 2.75) is 0 Å². The Morgan fingerprint density at radius 2 is 1.90 bits per heavy atom. The van der Waals surface area contributed by atoms with Gasteiger partial charge >= 0.3 is 6.09 Å². The van der Waals surface area contributed by atoms with E-state index >= 15 is 0 Å². The van der Waals surface area contributed by atoms with E-state index < -0.39 is 16.8 Å². The molecule has 0 heterocycles. The summed E-state index contributed by atoms with van der Waals surface area (Å²) in [5.74, 6) is -0.475. The summed E-state index contributed by atoms with van der Waals surface area (Å²) in [5.41, 5.74) is 0.140. The van der Waals surface area contributed by atoms with Gasteiger partial charge in [-0.25, -0.2) is 9.18 Å². The fourth-order valence-electron chi connectivity index (χ4n) is 1.46. The zero-order chi connectivity index (χ0) is 15.4. The molecule has 0 unspecified atom stereocenters. The summed E-state index contributed by atoms with van der Waals surface area (Å²) in [4.78, 5) is 21.5. The largest absolute Gasteiger partial charge is 0.417 e. The number of non-ortho nitro benzene ring substituents is 1. The fraction of sp³-hybridized carbons (Fsp3) is 0. The van der Waals surface area contributed by atoms with Crippen LogP contribution in [-0.2, 0) is 0 Å². The van der Waals surface area contributed by atoms with Gasteiger partial charge in [0.1, 0.15) is 11.6 Å². The molecule has 0 spiro atoms. The van der Waals surface area contributed by atoms with Crippen molar-refractivity contribution in [1.29, 1.82) is 0 Å². The Hall–Kier alpha value is -2.67. The van der Waals surface area contributed by atoms with Gasteiger partial charge in [0.15, 0.2) is 0 Å². The summed E-state index contributed by atoms with van der Waals surface area (Å²) in [6.07, 6.45) is -0.827. The Morgan fingerprint density at radius 1 is 1.24 bits per heavy atom. The first-order valence-electron chi connectivity index (χ1n) is 5.64. The number of ether oxygens (including phenoxy) is 1. The molecule has 0 saturated carbocycles. The number of benzene rings is 2. The molecule has 0 aromatic heterocycles. The Bertz CT molecular complexity index is 691. The van der Waals surface area contributed by atoms with Crippen molar-refractivity contribution in [2.24, 2.45) is 0 Å². The number of carbonyl (C=O) groups is 1. The van der Waals surface area contributed by atoms with Crippen LogP contribution in [0.3, 0.4) is 0 Å². The third kappa shape index (κ3) is 3.90. The Labute approximate surface area is 123 Å². The van der Waals surface area contributed by atoms with Crippen LogP contribution in [0.5, 0.6) is 5.75 Å². The topological polar surface area (TPSA) is 81.5 Å². The molecule has 0 fully saturated rings. The number of nitro benzene ring substituents is 1. The van der Waals surface area contributed by atoms with Crippen molar-refractivity contribution in [1.82, 2.24) is 0 Å². The van der Waals surface area contributed by atoms with Crippen molar-refractivity contribution >= 4 is 29.1 Å². The number of hydrogen-bond donors (Lipinski definition) is 1. The molecule has 6 nitrogen and oxygen atoms in total. The van der Waals surface area contributed by atoms with E-state index in [1.165, 1.54) is 36.4 Å². The van der Waals surface area contributed by atoms with Crippen LogP contribution in [0.2, 0.25) is 5.02 Å². The number of nitrogens with one attached hydrogen (secondary N) is 1. The second-order valence-corrected chi connectivity index (χ2v) is 4.30. The van der Waals surface area contributed by atoms with Crippen molar-refractivity contribution in [2.75, 3.05) is 5.32 Å². The lowest BCUT2D eigenvalue weighted by Gasteiger charge is -2.07. The summed E-state index contributed by atoms with van der Waals surface area (Å²) in [5, 5.41) is 12.7. The van der Waals surface area contributed by atoms with Gasteiger partial charge in [0.2, 0.25) is 0 Å². The van der Waals surface area contributed by atoms with Gasteiger partial charge in [0, 0.05) is 17.8 Å². The van der Waals surface area contributed by atoms with Crippen LogP contribution >= 0.6 is 11.6 Å². The first-order chi connectivity index (χ1) is 9.95. The lowest BCUT2D eigenvalue weighted by atomic mass is 10.3. The molecule has 0 atom stereocenters. The smallest absolute Gasteiger partial charge is 0.410 e. The van der Waals surface area contributed by atoms with E-state index in [9.17, 15) is 19.3 Å². The first-order valence-corrected chi connectivity index (χ1v) is 6.02. The van der Waals surface area contributed by atoms with Crippen LogP contribution in [-0.4, -0.2) is 11.0 Å². The average molecular weight is 311 g/mol. The molecular formula is C13H8ClFN2O4. The number of nitro groups is 1. The van der Waals surface area contributed by atoms with Gasteiger partial charge in [0.05, 0.1) is 9.95 Å². The number of hydrogen-bond acceptors (Lipinski definition) is 4. The van der Waals surface area contributed by atoms with Gasteiger partial charge < -0.3 is 4.74 Å². The van der Waals surface area contributed by atoms with Crippen LogP contribution in [0.1, 0.15) is 0 Å². The summed E-state index contributed by atoms with van der Waals surface area (Å²) >= 11 is 5.57. The van der Waals surface area contributed by atoms with Crippen molar-refractivity contribution in [3.8, 4) is 5.75 Å². The molecule has 0 aliphatic rings. The number of rotatable bonds is 3. The van der Waals surface area contributed by atoms with Crippen LogP contribution in [0, 0.1) is 15.9 Å². The molecular weight excluding hydrogens is 303 g/mol. The molecule has 0 bridgehead atoms. The van der Waals surface area contributed by atoms with E-state index in [0.717, 1.165) is 6.07 Å². The summed E-state index contributed by atoms with van der Waals surface area (Å²) in [6, 6.07) is 8.63. The monoisotopic (exact) mass is 310 g/mol. The molecule has 2 rings (SSSR count). The minimum Gasteiger partial charge on any atom is -0.410 e. The number of nitrogens with zero attached hydrogens (tertiary/aromatic N) is 1. The second kappa shape index (κ2) is 6.19. The molecule has 0 aliphatic carbocycles. The average Bonchev–Trinajstić information content (AvgIpc) is 2.43. The van der Waals surface area contributed by atoms with Crippen LogP contribution in [0.15, 0.2) is 42.5 Å². The molecule has 0 saturated heterocycles.